The molecule has 2 aliphatic heterocycles. The summed E-state index contributed by atoms with van der Waals surface area (Å²) in [6.45, 7) is 14.9. The maximum absolute atomic E-state index is 12.9. The number of carboxylic acid groups (broad SMARTS) is 1. The first-order chi connectivity index (χ1) is 24.3. The van der Waals surface area contributed by atoms with Crippen molar-refractivity contribution < 1.29 is 42.4 Å². The van der Waals surface area contributed by atoms with Crippen molar-refractivity contribution in [2.75, 3.05) is 32.5 Å². The van der Waals surface area contributed by atoms with Crippen LogP contribution in [-0.2, 0) is 33.8 Å². The summed E-state index contributed by atoms with van der Waals surface area (Å²) in [5.74, 6) is 0.835. The third kappa shape index (κ3) is 5.36. The van der Waals surface area contributed by atoms with E-state index in [4.69, 9.17) is 14.2 Å². The molecular formula is C40H64N2O9S. The van der Waals surface area contributed by atoms with Gasteiger partial charge in [-0.15, -0.1) is 0 Å². The second-order valence-electron chi connectivity index (χ2n) is 19.9. The summed E-state index contributed by atoms with van der Waals surface area (Å²) < 4.78 is 46.2. The van der Waals surface area contributed by atoms with Gasteiger partial charge in [-0.25, -0.2) is 8.42 Å². The first-order valence-corrected chi connectivity index (χ1v) is 22.2. The van der Waals surface area contributed by atoms with Crippen LogP contribution >= 0.6 is 0 Å². The van der Waals surface area contributed by atoms with Crippen LogP contribution < -0.4 is 0 Å². The average Bonchev–Trinajstić information content (AvgIpc) is 3.99. The van der Waals surface area contributed by atoms with Crippen molar-refractivity contribution >= 4 is 21.9 Å². The van der Waals surface area contributed by atoms with Crippen LogP contribution in [0.5, 0.6) is 0 Å². The van der Waals surface area contributed by atoms with E-state index < -0.39 is 40.3 Å². The second kappa shape index (κ2) is 12.3. The van der Waals surface area contributed by atoms with Gasteiger partial charge in [-0.2, -0.15) is 4.31 Å². The number of hydrogen-bond acceptors (Lipinski definition) is 8. The minimum atomic E-state index is -3.79. The van der Waals surface area contributed by atoms with E-state index in [1.54, 1.807) is 0 Å². The lowest BCUT2D eigenvalue weighted by Crippen LogP contribution is -2.60. The summed E-state index contributed by atoms with van der Waals surface area (Å²) >= 11 is 0. The summed E-state index contributed by atoms with van der Waals surface area (Å²) in [5, 5.41) is 22.2. The van der Waals surface area contributed by atoms with E-state index in [2.05, 4.69) is 34.6 Å². The van der Waals surface area contributed by atoms with Crippen LogP contribution in [0, 0.1) is 56.7 Å². The smallest absolute Gasteiger partial charge is 0.321 e. The minimum absolute atomic E-state index is 0.0306. The standard InChI is InChI=1S/C40H64N2O9S/c1-23-18-26(20-42(52(7,47)48)24(2)35(45)46)50-33-32(23)37(5)14-15-40-22-39(40)13-12-29(36(3,4)27(39)10-11-28(40)38(37,6)34(33)44)51-31-21-41(16-17-49-31)30(43)19-25-8-9-25/h23-29,31-34,44H,8-22H2,1-7H3,(H,45,46)/t23-,24+,26-,27+,28+,29?,31+,32+,33+,34+,37-,38-,39?,40+/m1/s1. The largest absolute Gasteiger partial charge is 0.480 e. The highest BCUT2D eigenvalue weighted by Gasteiger charge is 2.84. The molecule has 1 amide bonds. The number of sulfonamides is 1. The first-order valence-electron chi connectivity index (χ1n) is 20.4. The van der Waals surface area contributed by atoms with Gasteiger partial charge in [0.05, 0.1) is 43.8 Å². The number of aliphatic carboxylic acids is 1. The maximum atomic E-state index is 12.9. The third-order valence-corrected chi connectivity index (χ3v) is 18.6. The minimum Gasteiger partial charge on any atom is -0.480 e. The molecule has 294 valence electrons. The Hall–Kier alpha value is -1.31. The van der Waals surface area contributed by atoms with Gasteiger partial charge in [-0.05, 0) is 122 Å². The Balaban J connectivity index is 0.993. The zero-order valence-electron chi connectivity index (χ0n) is 32.5. The van der Waals surface area contributed by atoms with E-state index in [-0.39, 0.29) is 63.8 Å². The maximum Gasteiger partial charge on any atom is 0.321 e. The topological polar surface area (TPSA) is 143 Å². The van der Waals surface area contributed by atoms with Gasteiger partial charge in [0.1, 0.15) is 6.04 Å². The first kappa shape index (κ1) is 37.6. The zero-order chi connectivity index (χ0) is 37.4. The predicted molar refractivity (Wildman–Crippen MR) is 193 cm³/mol. The Bertz CT molecular complexity index is 1570. The van der Waals surface area contributed by atoms with Crippen LogP contribution in [-0.4, -0.2) is 109 Å². The monoisotopic (exact) mass is 748 g/mol. The second-order valence-corrected chi connectivity index (χ2v) is 21.8. The molecule has 2 spiro atoms. The lowest BCUT2D eigenvalue weighted by Gasteiger charge is -2.64. The fraction of sp³-hybridized carbons (Fsp3) is 0.950. The number of aliphatic hydroxyl groups excluding tert-OH is 1. The lowest BCUT2D eigenvalue weighted by molar-refractivity contribution is -0.248. The quantitative estimate of drug-likeness (QED) is 0.337. The highest BCUT2D eigenvalue weighted by atomic mass is 32.2. The fourth-order valence-corrected chi connectivity index (χ4v) is 15.6. The van der Waals surface area contributed by atoms with Gasteiger partial charge >= 0.3 is 5.97 Å². The Kier molecular flexibility index (Phi) is 8.93. The number of hydrogen-bond donors (Lipinski definition) is 2. The van der Waals surface area contributed by atoms with Gasteiger partial charge < -0.3 is 29.3 Å². The van der Waals surface area contributed by atoms with Crippen LogP contribution in [0.1, 0.15) is 112 Å². The number of fused-ring (bicyclic) bond motifs is 4. The molecule has 14 atom stereocenters. The van der Waals surface area contributed by atoms with Crippen LogP contribution in [0.25, 0.3) is 0 Å². The Morgan fingerprint density at radius 1 is 1.02 bits per heavy atom. The Morgan fingerprint density at radius 2 is 1.71 bits per heavy atom. The average molecular weight is 749 g/mol. The van der Waals surface area contributed by atoms with Crippen LogP contribution in [0.3, 0.4) is 0 Å². The van der Waals surface area contributed by atoms with Crippen molar-refractivity contribution in [3.63, 3.8) is 0 Å². The number of nitrogens with zero attached hydrogens (tertiary/aromatic N) is 2. The summed E-state index contributed by atoms with van der Waals surface area (Å²) in [7, 11) is -3.79. The Morgan fingerprint density at radius 3 is 2.38 bits per heavy atom. The van der Waals surface area contributed by atoms with Crippen molar-refractivity contribution in [1.82, 2.24) is 9.21 Å². The molecule has 11 nitrogen and oxygen atoms in total. The number of carbonyl (C=O) groups excluding carboxylic acids is 1. The van der Waals surface area contributed by atoms with Gasteiger partial charge in [0.25, 0.3) is 0 Å². The lowest BCUT2D eigenvalue weighted by atomic mass is 9.41. The SMILES string of the molecule is C[C@@H]1C[C@H](CN([C@@H](C)C(=O)O)S(C)(=O)=O)O[C@H]2[C@H]1[C@@]1(C)CC[C@@]34CC35CCC(O[C@H]3CN(C(=O)CC6CC6)CCO3)C(C)(C)[C@@H]5CC[C@H]4[C@]1(C)[C@H]2O. The molecule has 0 aromatic carbocycles. The molecule has 0 bridgehead atoms. The number of rotatable bonds is 9. The molecule has 8 aliphatic rings. The molecule has 52 heavy (non-hydrogen) atoms. The van der Waals surface area contributed by atoms with Crippen molar-refractivity contribution in [2.24, 2.45) is 56.7 Å². The normalized spacial score (nSPS) is 48.5. The highest BCUT2D eigenvalue weighted by Crippen LogP contribution is 2.89. The van der Waals surface area contributed by atoms with E-state index in [1.807, 2.05) is 4.90 Å². The van der Waals surface area contributed by atoms with E-state index in [9.17, 15) is 28.2 Å². The van der Waals surface area contributed by atoms with Gasteiger partial charge in [-0.3, -0.25) is 9.59 Å². The molecule has 2 saturated heterocycles. The highest BCUT2D eigenvalue weighted by molar-refractivity contribution is 7.88. The number of aliphatic hydroxyl groups is 1. The van der Waals surface area contributed by atoms with Gasteiger partial charge in [-0.1, -0.05) is 34.6 Å². The zero-order valence-corrected chi connectivity index (χ0v) is 33.3. The van der Waals surface area contributed by atoms with Crippen molar-refractivity contribution in [2.45, 2.75) is 149 Å². The van der Waals surface area contributed by atoms with Gasteiger partial charge in [0.15, 0.2) is 6.29 Å². The van der Waals surface area contributed by atoms with Gasteiger partial charge in [0, 0.05) is 24.9 Å². The molecular weight excluding hydrogens is 685 g/mol. The molecule has 6 aliphatic carbocycles. The summed E-state index contributed by atoms with van der Waals surface area (Å²) in [4.78, 5) is 26.7. The van der Waals surface area contributed by atoms with Crippen molar-refractivity contribution in [3.8, 4) is 0 Å². The van der Waals surface area contributed by atoms with Crippen LogP contribution in [0.15, 0.2) is 0 Å². The number of ether oxygens (including phenoxy) is 3. The van der Waals surface area contributed by atoms with E-state index in [1.165, 1.54) is 26.2 Å². The third-order valence-electron chi connectivity index (χ3n) is 17.3. The molecule has 0 aromatic heterocycles. The van der Waals surface area contributed by atoms with Gasteiger partial charge in [0.2, 0.25) is 15.9 Å². The predicted octanol–water partition coefficient (Wildman–Crippen LogP) is 4.90. The Labute approximate surface area is 310 Å². The summed E-state index contributed by atoms with van der Waals surface area (Å²) in [5.41, 5.74) is -0.123. The summed E-state index contributed by atoms with van der Waals surface area (Å²) in [6.07, 6.45) is 10.4. The number of carbonyl (C=O) groups is 2. The number of carboxylic acids is 1. The molecule has 2 heterocycles. The van der Waals surface area contributed by atoms with E-state index in [0.717, 1.165) is 49.1 Å². The van der Waals surface area contributed by atoms with Crippen molar-refractivity contribution in [1.29, 1.82) is 0 Å². The molecule has 8 rings (SSSR count). The van der Waals surface area contributed by atoms with E-state index >= 15 is 0 Å². The molecule has 12 heteroatoms. The van der Waals surface area contributed by atoms with Crippen molar-refractivity contribution in [3.05, 3.63) is 0 Å². The molecule has 6 saturated carbocycles. The number of morpholine rings is 1. The van der Waals surface area contributed by atoms with Crippen LogP contribution in [0.2, 0.25) is 0 Å². The molecule has 0 radical (unpaired) electrons. The summed E-state index contributed by atoms with van der Waals surface area (Å²) in [6, 6.07) is -1.20. The molecule has 0 aromatic rings. The van der Waals surface area contributed by atoms with E-state index in [0.29, 0.717) is 50.3 Å². The number of amides is 1. The molecule has 8 fully saturated rings. The molecule has 2 unspecified atom stereocenters. The molecule has 2 N–H and O–H groups in total. The van der Waals surface area contributed by atoms with Crippen LogP contribution in [0.4, 0.5) is 0 Å². The fourth-order valence-electron chi connectivity index (χ4n) is 14.5.